The van der Waals surface area contributed by atoms with Crippen LogP contribution in [0.15, 0.2) is 18.7 Å². The number of hydrogen-bond acceptors (Lipinski definition) is 0. The molecule has 1 aromatic rings. The molecule has 0 amide bonds. The number of halogens is 2. The Balaban J connectivity index is 1.37. The van der Waals surface area contributed by atoms with Crippen LogP contribution in [-0.4, -0.2) is 0 Å². The van der Waals surface area contributed by atoms with Crippen LogP contribution in [0.4, 0.5) is 8.78 Å². The lowest BCUT2D eigenvalue weighted by Crippen LogP contribution is -2.31. The summed E-state index contributed by atoms with van der Waals surface area (Å²) in [5.74, 6) is 2.08. The summed E-state index contributed by atoms with van der Waals surface area (Å²) < 4.78 is 30.6. The normalized spacial score (nSPS) is 29.4. The molecule has 0 nitrogen and oxygen atoms in total. The predicted molar refractivity (Wildman–Crippen MR) is 136 cm³/mol. The second-order valence-electron chi connectivity index (χ2n) is 11.6. The lowest BCUT2D eigenvalue weighted by molar-refractivity contribution is 0.114. The van der Waals surface area contributed by atoms with E-state index in [1.165, 1.54) is 70.6 Å². The number of aryl methyl sites for hydroxylation is 1. The fraction of sp³-hybridized carbons (Fsp3) is 0.742. The molecule has 0 heterocycles. The molecular formula is C31H46F2. The van der Waals surface area contributed by atoms with Crippen LogP contribution >= 0.6 is 0 Å². The summed E-state index contributed by atoms with van der Waals surface area (Å²) in [6.07, 6.45) is 22.1. The molecule has 0 aromatic heterocycles. The van der Waals surface area contributed by atoms with Crippen LogP contribution in [0.1, 0.15) is 126 Å². The Labute approximate surface area is 201 Å². The second kappa shape index (κ2) is 12.0. The zero-order valence-electron chi connectivity index (χ0n) is 21.0. The molecule has 0 spiro atoms. The molecule has 3 aliphatic rings. The molecule has 2 saturated carbocycles. The van der Waals surface area contributed by atoms with Gasteiger partial charge in [0.1, 0.15) is 0 Å². The van der Waals surface area contributed by atoms with Crippen molar-refractivity contribution >= 4 is 0 Å². The summed E-state index contributed by atoms with van der Waals surface area (Å²) in [5, 5.41) is 0. The Morgan fingerprint density at radius 2 is 1.67 bits per heavy atom. The highest BCUT2D eigenvalue weighted by atomic mass is 19.2. The standard InChI is InChI=1S/C31H46F2/c1-3-5-7-8-9-11-23-13-15-27-21-29(31(33)30(32)28(27)19-23)26-17-16-24-18-22(10-6-4-2)12-14-25(24)20-26/h4,21-26H,2-3,5-20H2,1H3. The van der Waals surface area contributed by atoms with Crippen LogP contribution in [0.5, 0.6) is 0 Å². The zero-order valence-corrected chi connectivity index (χ0v) is 21.0. The SMILES string of the molecule is C=CCCC1CCC2CC(c3cc4c(c(F)c3F)CC(CCCCCCC)CC4)CCC2C1. The molecule has 4 rings (SSSR count). The summed E-state index contributed by atoms with van der Waals surface area (Å²) in [4.78, 5) is 0. The van der Waals surface area contributed by atoms with E-state index in [9.17, 15) is 0 Å². The summed E-state index contributed by atoms with van der Waals surface area (Å²) in [7, 11) is 0. The molecule has 0 bridgehead atoms. The van der Waals surface area contributed by atoms with Crippen LogP contribution in [0.2, 0.25) is 0 Å². The first-order valence-corrected chi connectivity index (χ1v) is 14.2. The highest BCUT2D eigenvalue weighted by Gasteiger charge is 2.37. The Kier molecular flexibility index (Phi) is 9.05. The lowest BCUT2D eigenvalue weighted by Gasteiger charge is -2.42. The Morgan fingerprint density at radius 3 is 2.48 bits per heavy atom. The maximum absolute atomic E-state index is 15.3. The minimum Gasteiger partial charge on any atom is -0.203 e. The Hall–Kier alpha value is -1.18. The number of allylic oxidation sites excluding steroid dienone is 1. The Morgan fingerprint density at radius 1 is 0.879 bits per heavy atom. The molecule has 5 unspecified atom stereocenters. The van der Waals surface area contributed by atoms with Gasteiger partial charge in [0.15, 0.2) is 11.6 Å². The van der Waals surface area contributed by atoms with Crippen molar-refractivity contribution < 1.29 is 8.78 Å². The second-order valence-corrected chi connectivity index (χ2v) is 11.6. The monoisotopic (exact) mass is 456 g/mol. The minimum absolute atomic E-state index is 0.215. The summed E-state index contributed by atoms with van der Waals surface area (Å²) in [6.45, 7) is 6.12. The molecule has 2 heteroatoms. The van der Waals surface area contributed by atoms with E-state index >= 15 is 8.78 Å². The maximum atomic E-state index is 15.3. The van der Waals surface area contributed by atoms with Gasteiger partial charge in [-0.05, 0) is 110 Å². The van der Waals surface area contributed by atoms with Gasteiger partial charge >= 0.3 is 0 Å². The van der Waals surface area contributed by atoms with Gasteiger partial charge < -0.3 is 0 Å². The fourth-order valence-electron chi connectivity index (χ4n) is 7.40. The third-order valence-corrected chi connectivity index (χ3v) is 9.40. The van der Waals surface area contributed by atoms with E-state index in [0.29, 0.717) is 23.0 Å². The van der Waals surface area contributed by atoms with Gasteiger partial charge in [0.25, 0.3) is 0 Å². The van der Waals surface area contributed by atoms with E-state index in [1.54, 1.807) is 0 Å². The number of fused-ring (bicyclic) bond motifs is 2. The molecule has 5 atom stereocenters. The van der Waals surface area contributed by atoms with Crippen molar-refractivity contribution in [2.75, 3.05) is 0 Å². The average Bonchev–Trinajstić information content (AvgIpc) is 2.84. The quantitative estimate of drug-likeness (QED) is 0.243. The molecular weight excluding hydrogens is 410 g/mol. The first-order valence-electron chi connectivity index (χ1n) is 14.2. The van der Waals surface area contributed by atoms with Gasteiger partial charge in [-0.2, -0.15) is 0 Å². The molecule has 184 valence electrons. The van der Waals surface area contributed by atoms with E-state index in [2.05, 4.69) is 19.6 Å². The molecule has 2 fully saturated rings. The highest BCUT2D eigenvalue weighted by Crippen LogP contribution is 2.49. The van der Waals surface area contributed by atoms with Gasteiger partial charge in [-0.1, -0.05) is 64.0 Å². The summed E-state index contributed by atoms with van der Waals surface area (Å²) >= 11 is 0. The number of benzene rings is 1. The van der Waals surface area contributed by atoms with Crippen molar-refractivity contribution in [3.8, 4) is 0 Å². The van der Waals surface area contributed by atoms with Gasteiger partial charge in [0.2, 0.25) is 0 Å². The van der Waals surface area contributed by atoms with Gasteiger partial charge in [-0.25, -0.2) is 8.78 Å². The minimum atomic E-state index is -0.513. The number of unbranched alkanes of at least 4 members (excludes halogenated alkanes) is 4. The van der Waals surface area contributed by atoms with Crippen LogP contribution < -0.4 is 0 Å². The topological polar surface area (TPSA) is 0 Å². The predicted octanol–water partition coefficient (Wildman–Crippen LogP) is 9.70. The van der Waals surface area contributed by atoms with E-state index in [-0.39, 0.29) is 5.92 Å². The molecule has 1 aromatic carbocycles. The van der Waals surface area contributed by atoms with Crippen molar-refractivity contribution in [3.63, 3.8) is 0 Å². The third kappa shape index (κ3) is 6.09. The first kappa shape index (κ1) is 24.9. The van der Waals surface area contributed by atoms with E-state index in [1.807, 2.05) is 6.08 Å². The van der Waals surface area contributed by atoms with Crippen molar-refractivity contribution in [2.45, 2.75) is 122 Å². The zero-order chi connectivity index (χ0) is 23.2. The largest absolute Gasteiger partial charge is 0.203 e. The van der Waals surface area contributed by atoms with Crippen LogP contribution in [0.25, 0.3) is 0 Å². The van der Waals surface area contributed by atoms with Gasteiger partial charge in [-0.3, -0.25) is 0 Å². The molecule has 0 saturated heterocycles. The molecule has 0 N–H and O–H groups in total. The lowest BCUT2D eigenvalue weighted by atomic mass is 9.63. The number of rotatable bonds is 10. The highest BCUT2D eigenvalue weighted by molar-refractivity contribution is 5.38. The van der Waals surface area contributed by atoms with Crippen molar-refractivity contribution in [1.82, 2.24) is 0 Å². The van der Waals surface area contributed by atoms with Crippen molar-refractivity contribution in [3.05, 3.63) is 47.0 Å². The van der Waals surface area contributed by atoms with E-state index in [0.717, 1.165) is 55.9 Å². The van der Waals surface area contributed by atoms with Gasteiger partial charge in [0.05, 0.1) is 0 Å². The van der Waals surface area contributed by atoms with Crippen LogP contribution in [0, 0.1) is 35.3 Å². The number of hydrogen-bond donors (Lipinski definition) is 0. The van der Waals surface area contributed by atoms with Gasteiger partial charge in [0, 0.05) is 0 Å². The average molecular weight is 457 g/mol. The Bertz CT molecular complexity index is 782. The maximum Gasteiger partial charge on any atom is 0.162 e. The fourth-order valence-corrected chi connectivity index (χ4v) is 7.40. The molecule has 33 heavy (non-hydrogen) atoms. The molecule has 0 radical (unpaired) electrons. The van der Waals surface area contributed by atoms with E-state index < -0.39 is 11.6 Å². The van der Waals surface area contributed by atoms with E-state index in [4.69, 9.17) is 0 Å². The first-order chi connectivity index (χ1) is 16.1. The molecule has 3 aliphatic carbocycles. The smallest absolute Gasteiger partial charge is 0.162 e. The summed E-state index contributed by atoms with van der Waals surface area (Å²) in [6, 6.07) is 2.09. The van der Waals surface area contributed by atoms with Gasteiger partial charge in [-0.15, -0.1) is 6.58 Å². The van der Waals surface area contributed by atoms with Crippen LogP contribution in [-0.2, 0) is 12.8 Å². The third-order valence-electron chi connectivity index (χ3n) is 9.40. The summed E-state index contributed by atoms with van der Waals surface area (Å²) in [5.41, 5.74) is 2.52. The van der Waals surface area contributed by atoms with Crippen LogP contribution in [0.3, 0.4) is 0 Å². The van der Waals surface area contributed by atoms with Crippen molar-refractivity contribution in [1.29, 1.82) is 0 Å². The van der Waals surface area contributed by atoms with Crippen molar-refractivity contribution in [2.24, 2.45) is 23.7 Å². The molecule has 0 aliphatic heterocycles.